The molecule has 0 radical (unpaired) electrons. The Kier molecular flexibility index (Phi) is 5.04. The summed E-state index contributed by atoms with van der Waals surface area (Å²) in [5, 5.41) is 13.4. The Morgan fingerprint density at radius 2 is 2.33 bits per heavy atom. The molecule has 1 aliphatic rings. The van der Waals surface area contributed by atoms with Crippen molar-refractivity contribution in [3.63, 3.8) is 0 Å². The molecule has 0 unspecified atom stereocenters. The van der Waals surface area contributed by atoms with Gasteiger partial charge >= 0.3 is 0 Å². The molecule has 4 heterocycles. The lowest BCUT2D eigenvalue weighted by Crippen LogP contribution is -2.42. The van der Waals surface area contributed by atoms with Crippen molar-refractivity contribution in [2.75, 3.05) is 19.6 Å². The fourth-order valence-electron chi connectivity index (χ4n) is 3.56. The number of hydrogen-bond donors (Lipinski definition) is 1. The van der Waals surface area contributed by atoms with E-state index >= 15 is 0 Å². The Morgan fingerprint density at radius 1 is 1.44 bits per heavy atom. The minimum absolute atomic E-state index is 0.0896. The maximum Gasteiger partial charge on any atom is 0.293 e. The number of amides is 1. The Balaban J connectivity index is 1.46. The molecule has 1 saturated heterocycles. The zero-order valence-electron chi connectivity index (χ0n) is 15.2. The number of rotatable bonds is 6. The lowest BCUT2D eigenvalue weighted by Gasteiger charge is -2.22. The van der Waals surface area contributed by atoms with E-state index in [9.17, 15) is 9.59 Å². The number of aromatic nitrogens is 4. The quantitative estimate of drug-likeness (QED) is 0.689. The molecule has 1 aliphatic heterocycles. The van der Waals surface area contributed by atoms with E-state index in [1.165, 1.54) is 21.9 Å². The molecular formula is C18H22N6O2S. The fraction of sp³-hybridized carbons (Fsp3) is 0.444. The number of carbonyl (C=O) groups excluding carboxylic acids is 1. The van der Waals surface area contributed by atoms with Crippen LogP contribution in [0.3, 0.4) is 0 Å². The maximum atomic E-state index is 12.7. The Hall–Kier alpha value is -2.52. The van der Waals surface area contributed by atoms with Crippen LogP contribution < -0.4 is 10.9 Å². The van der Waals surface area contributed by atoms with Gasteiger partial charge in [-0.2, -0.15) is 10.2 Å². The van der Waals surface area contributed by atoms with Crippen molar-refractivity contribution < 1.29 is 4.79 Å². The number of likely N-dealkylation sites (N-methyl/N-ethyl adjacent to an activating group) is 1. The first kappa shape index (κ1) is 17.9. The van der Waals surface area contributed by atoms with E-state index in [2.05, 4.69) is 27.3 Å². The summed E-state index contributed by atoms with van der Waals surface area (Å²) in [7, 11) is 0. The highest BCUT2D eigenvalue weighted by Crippen LogP contribution is 2.23. The average Bonchev–Trinajstić information content (AvgIpc) is 3.41. The predicted octanol–water partition coefficient (Wildman–Crippen LogP) is 1.22. The van der Waals surface area contributed by atoms with Crippen molar-refractivity contribution in [3.05, 3.63) is 40.3 Å². The smallest absolute Gasteiger partial charge is 0.293 e. The number of carbonyl (C=O) groups is 1. The molecule has 27 heavy (non-hydrogen) atoms. The number of likely N-dealkylation sites (tertiary alicyclic amines) is 1. The Morgan fingerprint density at radius 3 is 3.11 bits per heavy atom. The van der Waals surface area contributed by atoms with Crippen molar-refractivity contribution >= 4 is 22.8 Å². The number of nitrogens with zero attached hydrogens (tertiary/aromatic N) is 5. The SMILES string of the molecule is CCN1CCC[C@@H]1CNC(=O)Cn1ncn2nc(-c3cccs3)cc2c1=O. The van der Waals surface area contributed by atoms with Crippen LogP contribution in [-0.2, 0) is 11.3 Å². The van der Waals surface area contributed by atoms with Gasteiger partial charge < -0.3 is 5.32 Å². The zero-order valence-corrected chi connectivity index (χ0v) is 16.0. The highest BCUT2D eigenvalue weighted by molar-refractivity contribution is 7.13. The lowest BCUT2D eigenvalue weighted by molar-refractivity contribution is -0.122. The van der Waals surface area contributed by atoms with E-state index in [0.717, 1.165) is 30.1 Å². The van der Waals surface area contributed by atoms with Crippen molar-refractivity contribution in [1.82, 2.24) is 29.6 Å². The number of thiophene rings is 1. The number of hydrogen-bond acceptors (Lipinski definition) is 6. The molecule has 3 aromatic rings. The monoisotopic (exact) mass is 386 g/mol. The van der Waals surface area contributed by atoms with Crippen LogP contribution in [0, 0.1) is 0 Å². The van der Waals surface area contributed by atoms with Crippen LogP contribution >= 0.6 is 11.3 Å². The molecule has 0 aromatic carbocycles. The van der Waals surface area contributed by atoms with Crippen molar-refractivity contribution in [2.45, 2.75) is 32.4 Å². The molecule has 1 atom stereocenters. The summed E-state index contributed by atoms with van der Waals surface area (Å²) < 4.78 is 2.65. The highest BCUT2D eigenvalue weighted by Gasteiger charge is 2.23. The molecule has 0 bridgehead atoms. The van der Waals surface area contributed by atoms with Gasteiger partial charge in [0.15, 0.2) is 0 Å². The van der Waals surface area contributed by atoms with E-state index in [1.807, 2.05) is 17.5 Å². The third-order valence-electron chi connectivity index (χ3n) is 5.00. The van der Waals surface area contributed by atoms with Crippen LogP contribution in [0.15, 0.2) is 34.7 Å². The highest BCUT2D eigenvalue weighted by atomic mass is 32.1. The Labute approximate surface area is 160 Å². The zero-order chi connectivity index (χ0) is 18.8. The second-order valence-corrected chi connectivity index (χ2v) is 7.61. The summed E-state index contributed by atoms with van der Waals surface area (Å²) in [5.74, 6) is -0.199. The van der Waals surface area contributed by atoms with Crippen LogP contribution in [0.25, 0.3) is 16.1 Å². The summed E-state index contributed by atoms with van der Waals surface area (Å²) in [6, 6.07) is 6.01. The molecule has 0 aliphatic carbocycles. The molecule has 0 spiro atoms. The summed E-state index contributed by atoms with van der Waals surface area (Å²) >= 11 is 1.56. The van der Waals surface area contributed by atoms with Crippen molar-refractivity contribution in [2.24, 2.45) is 0 Å². The molecule has 4 rings (SSSR count). The lowest BCUT2D eigenvalue weighted by atomic mass is 10.2. The van der Waals surface area contributed by atoms with E-state index < -0.39 is 0 Å². The summed E-state index contributed by atoms with van der Waals surface area (Å²) in [5.41, 5.74) is 0.820. The molecule has 1 fully saturated rings. The van der Waals surface area contributed by atoms with Gasteiger partial charge in [-0.3, -0.25) is 14.5 Å². The normalized spacial score (nSPS) is 17.6. The van der Waals surface area contributed by atoms with Gasteiger partial charge in [0.25, 0.3) is 5.56 Å². The minimum atomic E-state index is -0.320. The van der Waals surface area contributed by atoms with Crippen LogP contribution in [-0.4, -0.2) is 55.9 Å². The van der Waals surface area contributed by atoms with E-state index in [1.54, 1.807) is 17.4 Å². The molecule has 0 saturated carbocycles. The van der Waals surface area contributed by atoms with E-state index in [-0.39, 0.29) is 18.0 Å². The van der Waals surface area contributed by atoms with Gasteiger partial charge in [0, 0.05) is 12.6 Å². The largest absolute Gasteiger partial charge is 0.353 e. The molecule has 3 aromatic heterocycles. The van der Waals surface area contributed by atoms with E-state index in [0.29, 0.717) is 18.1 Å². The maximum absolute atomic E-state index is 12.7. The first-order valence-electron chi connectivity index (χ1n) is 9.16. The van der Waals surface area contributed by atoms with Gasteiger partial charge in [0.1, 0.15) is 24.1 Å². The van der Waals surface area contributed by atoms with Crippen LogP contribution in [0.5, 0.6) is 0 Å². The first-order chi connectivity index (χ1) is 13.2. The average molecular weight is 386 g/mol. The third-order valence-corrected chi connectivity index (χ3v) is 5.89. The molecular weight excluding hydrogens is 364 g/mol. The van der Waals surface area contributed by atoms with Crippen molar-refractivity contribution in [3.8, 4) is 10.6 Å². The van der Waals surface area contributed by atoms with Crippen LogP contribution in [0.2, 0.25) is 0 Å². The van der Waals surface area contributed by atoms with Gasteiger partial charge in [0.2, 0.25) is 5.91 Å². The van der Waals surface area contributed by atoms with Crippen LogP contribution in [0.4, 0.5) is 0 Å². The Bertz CT molecular complexity index is 993. The van der Waals surface area contributed by atoms with Crippen molar-refractivity contribution in [1.29, 1.82) is 0 Å². The summed E-state index contributed by atoms with van der Waals surface area (Å²) in [6.07, 6.45) is 3.73. The van der Waals surface area contributed by atoms with Gasteiger partial charge in [0.05, 0.1) is 4.88 Å². The predicted molar refractivity (Wildman–Crippen MR) is 104 cm³/mol. The third kappa shape index (κ3) is 3.65. The summed E-state index contributed by atoms with van der Waals surface area (Å²) in [4.78, 5) is 28.3. The standard InChI is InChI=1S/C18H22N6O2S/c1-2-22-7-3-5-13(22)10-19-17(25)11-23-18(26)15-9-14(16-6-4-8-27-16)21-24(15)12-20-23/h4,6,8-9,12-13H,2-3,5,7,10-11H2,1H3,(H,19,25)/t13-/m1/s1. The van der Waals surface area contributed by atoms with Gasteiger partial charge in [-0.1, -0.05) is 13.0 Å². The molecule has 8 nitrogen and oxygen atoms in total. The first-order valence-corrected chi connectivity index (χ1v) is 10.0. The van der Waals surface area contributed by atoms with Gasteiger partial charge in [-0.25, -0.2) is 9.20 Å². The van der Waals surface area contributed by atoms with Gasteiger partial charge in [-0.05, 0) is 43.4 Å². The van der Waals surface area contributed by atoms with E-state index in [4.69, 9.17) is 0 Å². The molecule has 1 amide bonds. The minimum Gasteiger partial charge on any atom is -0.353 e. The molecule has 9 heteroatoms. The second kappa shape index (κ2) is 7.61. The molecule has 1 N–H and O–H groups in total. The summed E-state index contributed by atoms with van der Waals surface area (Å²) in [6.45, 7) is 4.73. The molecule has 142 valence electrons. The number of fused-ring (bicyclic) bond motifs is 1. The fourth-order valence-corrected chi connectivity index (χ4v) is 4.24. The second-order valence-electron chi connectivity index (χ2n) is 6.66. The van der Waals surface area contributed by atoms with Crippen LogP contribution in [0.1, 0.15) is 19.8 Å². The number of nitrogens with one attached hydrogen (secondary N) is 1. The van der Waals surface area contributed by atoms with Gasteiger partial charge in [-0.15, -0.1) is 11.3 Å². The topological polar surface area (TPSA) is 84.5 Å².